The molecular weight excluding hydrogens is 312 g/mol. The second-order valence-corrected chi connectivity index (χ2v) is 5.75. The predicted molar refractivity (Wildman–Crippen MR) is 91.5 cm³/mol. The summed E-state index contributed by atoms with van der Waals surface area (Å²) in [7, 11) is 1.63. The van der Waals surface area contributed by atoms with Gasteiger partial charge in [0.2, 0.25) is 0 Å². The Kier molecular flexibility index (Phi) is 3.87. The van der Waals surface area contributed by atoms with Gasteiger partial charge in [-0.25, -0.2) is 9.78 Å². The number of thiophene rings is 1. The average molecular weight is 328 g/mol. The highest BCUT2D eigenvalue weighted by Gasteiger charge is 2.13. The molecule has 0 aliphatic carbocycles. The number of methoxy groups -OCH3 is 1. The van der Waals surface area contributed by atoms with Crippen molar-refractivity contribution in [1.29, 1.82) is 0 Å². The highest BCUT2D eigenvalue weighted by molar-refractivity contribution is 7.16. The van der Waals surface area contributed by atoms with E-state index in [2.05, 4.69) is 10.1 Å². The van der Waals surface area contributed by atoms with Crippen LogP contribution in [0.15, 0.2) is 46.8 Å². The third kappa shape index (κ3) is 2.39. The summed E-state index contributed by atoms with van der Waals surface area (Å²) in [5.74, 6) is 0.795. The summed E-state index contributed by atoms with van der Waals surface area (Å²) >= 11 is 1.53. The fourth-order valence-electron chi connectivity index (χ4n) is 2.50. The summed E-state index contributed by atoms with van der Waals surface area (Å²) in [6.07, 6.45) is 1.41. The van der Waals surface area contributed by atoms with Gasteiger partial charge in [0.05, 0.1) is 19.0 Å². The lowest BCUT2D eigenvalue weighted by atomic mass is 10.2. The molecule has 1 aromatic carbocycles. The summed E-state index contributed by atoms with van der Waals surface area (Å²) in [4.78, 5) is 17.7. The number of rotatable bonds is 3. The Morgan fingerprint density at radius 2 is 2.00 bits per heavy atom. The van der Waals surface area contributed by atoms with Crippen molar-refractivity contribution in [2.45, 2.75) is 14.0 Å². The van der Waals surface area contributed by atoms with Crippen molar-refractivity contribution in [3.63, 3.8) is 0 Å². The van der Waals surface area contributed by atoms with Crippen molar-refractivity contribution < 1.29 is 4.74 Å². The molecule has 0 atom stereocenters. The van der Waals surface area contributed by atoms with Gasteiger partial charge in [-0.15, -0.1) is 11.3 Å². The zero-order chi connectivity index (χ0) is 15.1. The first-order chi connectivity index (χ1) is 10.8. The minimum absolute atomic E-state index is 0. The Hall–Kier alpha value is -2.67. The molecule has 23 heavy (non-hydrogen) atoms. The zero-order valence-electron chi connectivity index (χ0n) is 11.8. The van der Waals surface area contributed by atoms with Gasteiger partial charge in [-0.2, -0.15) is 9.61 Å². The molecule has 0 saturated carbocycles. The molecule has 7 heteroatoms. The van der Waals surface area contributed by atoms with Crippen molar-refractivity contribution in [1.82, 2.24) is 19.2 Å². The van der Waals surface area contributed by atoms with E-state index < -0.39 is 0 Å². The van der Waals surface area contributed by atoms with Crippen LogP contribution >= 0.6 is 11.3 Å². The molecule has 4 rings (SSSR count). The number of ether oxygens (including phenoxy) is 1. The van der Waals surface area contributed by atoms with Crippen LogP contribution in [-0.2, 0) is 6.54 Å². The molecule has 0 spiro atoms. The predicted octanol–water partition coefficient (Wildman–Crippen LogP) is 2.80. The molecule has 0 unspecified atom stereocenters. The maximum absolute atomic E-state index is 12.6. The van der Waals surface area contributed by atoms with Crippen LogP contribution in [0.5, 0.6) is 5.75 Å². The summed E-state index contributed by atoms with van der Waals surface area (Å²) in [5.41, 5.74) is 1.45. The van der Waals surface area contributed by atoms with E-state index in [0.29, 0.717) is 12.2 Å². The lowest BCUT2D eigenvalue weighted by Crippen LogP contribution is -2.27. The Bertz CT molecular complexity index is 1010. The van der Waals surface area contributed by atoms with E-state index >= 15 is 0 Å². The molecule has 118 valence electrons. The molecule has 6 nitrogen and oxygen atoms in total. The molecule has 0 radical (unpaired) electrons. The van der Waals surface area contributed by atoms with Gasteiger partial charge in [0, 0.05) is 0 Å². The maximum atomic E-state index is 12.6. The molecule has 3 heterocycles. The van der Waals surface area contributed by atoms with Crippen molar-refractivity contribution in [3.8, 4) is 5.75 Å². The van der Waals surface area contributed by atoms with E-state index in [1.807, 2.05) is 35.7 Å². The van der Waals surface area contributed by atoms with Crippen LogP contribution in [0.3, 0.4) is 0 Å². The molecule has 4 aromatic rings. The molecule has 3 aromatic heterocycles. The van der Waals surface area contributed by atoms with E-state index in [9.17, 15) is 4.79 Å². The van der Waals surface area contributed by atoms with E-state index in [1.165, 1.54) is 22.2 Å². The summed E-state index contributed by atoms with van der Waals surface area (Å²) < 4.78 is 8.23. The van der Waals surface area contributed by atoms with Crippen LogP contribution in [0, 0.1) is 0 Å². The normalized spacial score (nSPS) is 10.8. The van der Waals surface area contributed by atoms with E-state index in [1.54, 1.807) is 11.7 Å². The SMILES string of the molecule is C.COc1ccc(Cn2c(=O)n3ncnc3c3ccsc32)cc1. The molecule has 0 amide bonds. The lowest BCUT2D eigenvalue weighted by Gasteiger charge is -2.09. The van der Waals surface area contributed by atoms with Crippen LogP contribution < -0.4 is 10.4 Å². The van der Waals surface area contributed by atoms with Crippen molar-refractivity contribution in [2.24, 2.45) is 0 Å². The number of benzene rings is 1. The second-order valence-electron chi connectivity index (χ2n) is 4.85. The molecular formula is C16H16N4O2S. The van der Waals surface area contributed by atoms with E-state index in [4.69, 9.17) is 4.74 Å². The average Bonchev–Trinajstić information content (AvgIpc) is 3.20. The van der Waals surface area contributed by atoms with Gasteiger partial charge in [0.25, 0.3) is 0 Å². The first-order valence-electron chi connectivity index (χ1n) is 6.70. The van der Waals surface area contributed by atoms with E-state index in [-0.39, 0.29) is 13.1 Å². The monoisotopic (exact) mass is 328 g/mol. The molecule has 0 bridgehead atoms. The lowest BCUT2D eigenvalue weighted by molar-refractivity contribution is 0.414. The van der Waals surface area contributed by atoms with Crippen LogP contribution in [0.25, 0.3) is 15.9 Å². The Labute approximate surface area is 136 Å². The molecule has 0 saturated heterocycles. The van der Waals surface area contributed by atoms with E-state index in [0.717, 1.165) is 21.5 Å². The third-order valence-electron chi connectivity index (χ3n) is 3.59. The van der Waals surface area contributed by atoms with Crippen LogP contribution in [0.4, 0.5) is 0 Å². The standard InChI is InChI=1S/C15H12N4O2S.CH4/c1-21-11-4-2-10(3-5-11)8-18-14-12(6-7-22-14)13-16-9-17-19(13)15(18)20;/h2-7,9H,8H2,1H3;1H4. The third-order valence-corrected chi connectivity index (χ3v) is 4.53. The Morgan fingerprint density at radius 1 is 1.22 bits per heavy atom. The summed E-state index contributed by atoms with van der Waals surface area (Å²) in [6.45, 7) is 0.482. The van der Waals surface area contributed by atoms with Crippen molar-refractivity contribution >= 4 is 27.2 Å². The van der Waals surface area contributed by atoms with Crippen molar-refractivity contribution in [3.05, 3.63) is 58.1 Å². The van der Waals surface area contributed by atoms with Gasteiger partial charge >= 0.3 is 5.69 Å². The van der Waals surface area contributed by atoms with Crippen molar-refractivity contribution in [2.75, 3.05) is 7.11 Å². The Balaban J connectivity index is 0.00000156. The molecule has 0 aliphatic heterocycles. The van der Waals surface area contributed by atoms with Gasteiger partial charge in [0.1, 0.15) is 16.9 Å². The van der Waals surface area contributed by atoms with Gasteiger partial charge in [0.15, 0.2) is 5.65 Å². The van der Waals surface area contributed by atoms with Crippen LogP contribution in [0.2, 0.25) is 0 Å². The number of fused-ring (bicyclic) bond motifs is 3. The number of nitrogens with zero attached hydrogens (tertiary/aromatic N) is 4. The van der Waals surface area contributed by atoms with Gasteiger partial charge in [-0.05, 0) is 29.1 Å². The Morgan fingerprint density at radius 3 is 2.74 bits per heavy atom. The molecule has 0 fully saturated rings. The van der Waals surface area contributed by atoms with Gasteiger partial charge in [-0.3, -0.25) is 4.57 Å². The van der Waals surface area contributed by atoms with Gasteiger partial charge in [-0.1, -0.05) is 19.6 Å². The van der Waals surface area contributed by atoms with Gasteiger partial charge < -0.3 is 4.74 Å². The number of aromatic nitrogens is 4. The fraction of sp³-hybridized carbons (Fsp3) is 0.188. The number of hydrogen-bond acceptors (Lipinski definition) is 5. The zero-order valence-corrected chi connectivity index (χ0v) is 12.6. The maximum Gasteiger partial charge on any atom is 0.352 e. The summed E-state index contributed by atoms with van der Waals surface area (Å²) in [5, 5.41) is 6.94. The van der Waals surface area contributed by atoms with Crippen LogP contribution in [-0.4, -0.2) is 26.3 Å². The smallest absolute Gasteiger partial charge is 0.352 e. The molecule has 0 aliphatic rings. The minimum Gasteiger partial charge on any atom is -0.497 e. The highest BCUT2D eigenvalue weighted by Crippen LogP contribution is 2.23. The minimum atomic E-state index is -0.182. The topological polar surface area (TPSA) is 61.4 Å². The largest absolute Gasteiger partial charge is 0.497 e. The second kappa shape index (κ2) is 5.85. The first-order valence-corrected chi connectivity index (χ1v) is 7.58. The highest BCUT2D eigenvalue weighted by atomic mass is 32.1. The summed E-state index contributed by atoms with van der Waals surface area (Å²) in [6, 6.07) is 9.65. The number of hydrogen-bond donors (Lipinski definition) is 0. The van der Waals surface area contributed by atoms with Crippen LogP contribution in [0.1, 0.15) is 13.0 Å². The fourth-order valence-corrected chi connectivity index (χ4v) is 3.39. The quantitative estimate of drug-likeness (QED) is 0.580. The first kappa shape index (κ1) is 15.2. The molecule has 0 N–H and O–H groups in total.